The molecule has 1 aliphatic carbocycles. The number of hydrogen-bond donors (Lipinski definition) is 0. The van der Waals surface area contributed by atoms with Gasteiger partial charge in [0.15, 0.2) is 0 Å². The second kappa shape index (κ2) is 10.0. The Bertz CT molecular complexity index is 2240. The molecule has 0 heterocycles. The van der Waals surface area contributed by atoms with Crippen LogP contribution in [-0.4, -0.2) is 0 Å². The molecule has 0 radical (unpaired) electrons. The Balaban J connectivity index is 1.45. The van der Waals surface area contributed by atoms with Crippen molar-refractivity contribution in [1.29, 1.82) is 0 Å². The third-order valence-electron chi connectivity index (χ3n) is 10.0. The molecule has 1 aliphatic rings. The highest BCUT2D eigenvalue weighted by Gasteiger charge is 2.35. The standard InChI is InChI=1S/C45H38/c1-44(2,3)33-23-19-30(20-24-33)42-36-16-9-10-17-37(36)43(39-27-31(21-26-38(39)42)29-13-7-6-8-14-29)32-22-25-35-34-15-11-12-18-40(34)45(4,5)41(35)28-32/h6-28H,1-5H3. The van der Waals surface area contributed by atoms with Crippen LogP contribution < -0.4 is 0 Å². The average Bonchev–Trinajstić information content (AvgIpc) is 3.29. The van der Waals surface area contributed by atoms with Crippen LogP contribution in [0, 0.1) is 0 Å². The third kappa shape index (κ3) is 4.35. The second-order valence-electron chi connectivity index (χ2n) is 14.2. The first kappa shape index (κ1) is 27.6. The molecule has 7 aromatic carbocycles. The summed E-state index contributed by atoms with van der Waals surface area (Å²) in [4.78, 5) is 0. The quantitative estimate of drug-likeness (QED) is 0.183. The lowest BCUT2D eigenvalue weighted by Crippen LogP contribution is -2.14. The SMILES string of the molecule is CC(C)(C)c1ccc(-c2c3ccccc3c(-c3ccc4c(c3)C(C)(C)c3ccccc3-4)c3cc(-c4ccccc4)ccc23)cc1. The van der Waals surface area contributed by atoms with Gasteiger partial charge in [-0.15, -0.1) is 0 Å². The Morgan fingerprint density at radius 3 is 1.67 bits per heavy atom. The summed E-state index contributed by atoms with van der Waals surface area (Å²) < 4.78 is 0. The van der Waals surface area contributed by atoms with Gasteiger partial charge in [0, 0.05) is 5.41 Å². The van der Waals surface area contributed by atoms with Crippen molar-refractivity contribution in [1.82, 2.24) is 0 Å². The minimum absolute atomic E-state index is 0.0581. The lowest BCUT2D eigenvalue weighted by molar-refractivity contribution is 0.590. The van der Waals surface area contributed by atoms with Crippen molar-refractivity contribution in [3.8, 4) is 44.5 Å². The molecular weight excluding hydrogens is 540 g/mol. The Hall–Kier alpha value is -4.94. The van der Waals surface area contributed by atoms with Gasteiger partial charge in [-0.3, -0.25) is 0 Å². The van der Waals surface area contributed by atoms with Gasteiger partial charge in [0.2, 0.25) is 0 Å². The minimum atomic E-state index is -0.0581. The fourth-order valence-corrected chi connectivity index (χ4v) is 7.61. The summed E-state index contributed by atoms with van der Waals surface area (Å²) in [6.07, 6.45) is 0. The maximum atomic E-state index is 2.48. The largest absolute Gasteiger partial charge is 0.0622 e. The fraction of sp³-hybridized carbons (Fsp3) is 0.156. The molecule has 0 nitrogen and oxygen atoms in total. The molecule has 0 aliphatic heterocycles. The van der Waals surface area contributed by atoms with Crippen molar-refractivity contribution < 1.29 is 0 Å². The summed E-state index contributed by atoms with van der Waals surface area (Å²) in [7, 11) is 0. The van der Waals surface area contributed by atoms with Gasteiger partial charge < -0.3 is 0 Å². The van der Waals surface area contributed by atoms with Gasteiger partial charge in [-0.25, -0.2) is 0 Å². The molecule has 45 heavy (non-hydrogen) atoms. The van der Waals surface area contributed by atoms with Gasteiger partial charge in [0.1, 0.15) is 0 Å². The number of hydrogen-bond acceptors (Lipinski definition) is 0. The molecule has 0 spiro atoms. The van der Waals surface area contributed by atoms with Crippen LogP contribution in [-0.2, 0) is 10.8 Å². The van der Waals surface area contributed by atoms with Crippen LogP contribution in [0.1, 0.15) is 51.3 Å². The molecule has 0 amide bonds. The molecule has 0 heteroatoms. The van der Waals surface area contributed by atoms with Gasteiger partial charge in [-0.05, 0) is 100 Å². The van der Waals surface area contributed by atoms with Crippen LogP contribution >= 0.6 is 0 Å². The highest BCUT2D eigenvalue weighted by Crippen LogP contribution is 2.51. The molecule has 0 aromatic heterocycles. The van der Waals surface area contributed by atoms with E-state index >= 15 is 0 Å². The highest BCUT2D eigenvalue weighted by atomic mass is 14.4. The zero-order chi connectivity index (χ0) is 30.9. The molecule has 0 bridgehead atoms. The number of rotatable bonds is 3. The van der Waals surface area contributed by atoms with Crippen LogP contribution in [0.25, 0.3) is 66.1 Å². The van der Waals surface area contributed by atoms with Crippen molar-refractivity contribution in [2.45, 2.75) is 45.4 Å². The lowest BCUT2D eigenvalue weighted by Gasteiger charge is -2.23. The summed E-state index contributed by atoms with van der Waals surface area (Å²) in [6.45, 7) is 11.6. The van der Waals surface area contributed by atoms with Crippen molar-refractivity contribution in [3.05, 3.63) is 156 Å². The molecule has 0 saturated heterocycles. The van der Waals surface area contributed by atoms with Crippen LogP contribution in [0.3, 0.4) is 0 Å². The summed E-state index contributed by atoms with van der Waals surface area (Å²) in [5, 5.41) is 5.16. The fourth-order valence-electron chi connectivity index (χ4n) is 7.61. The molecule has 218 valence electrons. The van der Waals surface area contributed by atoms with Crippen LogP contribution in [0.4, 0.5) is 0 Å². The van der Waals surface area contributed by atoms with Crippen molar-refractivity contribution >= 4 is 21.5 Å². The minimum Gasteiger partial charge on any atom is -0.0622 e. The molecule has 0 atom stereocenters. The van der Waals surface area contributed by atoms with Gasteiger partial charge in [0.05, 0.1) is 0 Å². The second-order valence-corrected chi connectivity index (χ2v) is 14.2. The van der Waals surface area contributed by atoms with Crippen LogP contribution in [0.5, 0.6) is 0 Å². The molecule has 0 saturated carbocycles. The van der Waals surface area contributed by atoms with E-state index in [1.807, 2.05) is 0 Å². The van der Waals surface area contributed by atoms with E-state index in [2.05, 4.69) is 174 Å². The first-order valence-electron chi connectivity index (χ1n) is 16.1. The van der Waals surface area contributed by atoms with Crippen LogP contribution in [0.15, 0.2) is 140 Å². The molecule has 8 rings (SSSR count). The summed E-state index contributed by atoms with van der Waals surface area (Å²) >= 11 is 0. The maximum absolute atomic E-state index is 2.48. The summed E-state index contributed by atoms with van der Waals surface area (Å²) in [5.41, 5.74) is 14.5. The maximum Gasteiger partial charge on any atom is 0.0159 e. The Morgan fingerprint density at radius 2 is 0.956 bits per heavy atom. The van der Waals surface area contributed by atoms with E-state index in [-0.39, 0.29) is 10.8 Å². The summed E-state index contributed by atoms with van der Waals surface area (Å²) in [5.74, 6) is 0. The topological polar surface area (TPSA) is 0 Å². The van der Waals surface area contributed by atoms with Gasteiger partial charge >= 0.3 is 0 Å². The van der Waals surface area contributed by atoms with Gasteiger partial charge in [-0.2, -0.15) is 0 Å². The van der Waals surface area contributed by atoms with Crippen molar-refractivity contribution in [2.75, 3.05) is 0 Å². The predicted molar refractivity (Wildman–Crippen MR) is 194 cm³/mol. The van der Waals surface area contributed by atoms with E-state index in [9.17, 15) is 0 Å². The molecular formula is C45H38. The van der Waals surface area contributed by atoms with E-state index in [4.69, 9.17) is 0 Å². The Labute approximate surface area is 267 Å². The third-order valence-corrected chi connectivity index (χ3v) is 10.0. The normalized spacial score (nSPS) is 13.6. The van der Waals surface area contributed by atoms with Crippen molar-refractivity contribution in [2.24, 2.45) is 0 Å². The van der Waals surface area contributed by atoms with E-state index in [0.717, 1.165) is 0 Å². The Kier molecular flexibility index (Phi) is 6.16. The monoisotopic (exact) mass is 578 g/mol. The highest BCUT2D eigenvalue weighted by molar-refractivity contribution is 6.22. The van der Waals surface area contributed by atoms with Crippen LogP contribution in [0.2, 0.25) is 0 Å². The lowest BCUT2D eigenvalue weighted by atomic mass is 9.80. The zero-order valence-electron chi connectivity index (χ0n) is 26.8. The van der Waals surface area contributed by atoms with Crippen molar-refractivity contribution in [3.63, 3.8) is 0 Å². The van der Waals surface area contributed by atoms with E-state index in [1.54, 1.807) is 0 Å². The molecule has 7 aromatic rings. The molecule has 0 unspecified atom stereocenters. The number of fused-ring (bicyclic) bond motifs is 5. The predicted octanol–water partition coefficient (Wildman–Crippen LogP) is 12.6. The average molecular weight is 579 g/mol. The first-order chi connectivity index (χ1) is 21.7. The summed E-state index contributed by atoms with van der Waals surface area (Å²) in [6, 6.07) is 52.2. The van der Waals surface area contributed by atoms with E-state index < -0.39 is 0 Å². The van der Waals surface area contributed by atoms with E-state index in [1.165, 1.54) is 82.7 Å². The Morgan fingerprint density at radius 1 is 0.400 bits per heavy atom. The molecule has 0 fully saturated rings. The zero-order valence-corrected chi connectivity index (χ0v) is 26.8. The van der Waals surface area contributed by atoms with E-state index in [0.29, 0.717) is 0 Å². The smallest absolute Gasteiger partial charge is 0.0159 e. The molecule has 0 N–H and O–H groups in total. The van der Waals surface area contributed by atoms with Gasteiger partial charge in [-0.1, -0.05) is 162 Å². The number of benzene rings is 7. The first-order valence-corrected chi connectivity index (χ1v) is 16.1. The van der Waals surface area contributed by atoms with Gasteiger partial charge in [0.25, 0.3) is 0 Å².